The van der Waals surface area contributed by atoms with Gasteiger partial charge in [0.1, 0.15) is 5.82 Å². The fourth-order valence-corrected chi connectivity index (χ4v) is 4.34. The van der Waals surface area contributed by atoms with Crippen molar-refractivity contribution in [2.75, 3.05) is 6.61 Å². The maximum atomic E-state index is 14.9. The van der Waals surface area contributed by atoms with Crippen molar-refractivity contribution in [1.29, 1.82) is 0 Å². The van der Waals surface area contributed by atoms with Crippen LogP contribution in [0.15, 0.2) is 66.7 Å². The van der Waals surface area contributed by atoms with Gasteiger partial charge in [-0.2, -0.15) is 0 Å². The molecule has 0 radical (unpaired) electrons. The third-order valence-electron chi connectivity index (χ3n) is 6.19. The fourth-order valence-electron chi connectivity index (χ4n) is 4.34. The lowest BCUT2D eigenvalue weighted by molar-refractivity contribution is -0.00538. The molecule has 1 aliphatic rings. The van der Waals surface area contributed by atoms with E-state index in [1.165, 1.54) is 0 Å². The van der Waals surface area contributed by atoms with Crippen LogP contribution in [0.25, 0.3) is 22.3 Å². The second-order valence-corrected chi connectivity index (χ2v) is 8.26. The van der Waals surface area contributed by atoms with Gasteiger partial charge in [0.15, 0.2) is 11.6 Å². The molecular formula is C28H27F3O. The van der Waals surface area contributed by atoms with E-state index < -0.39 is 11.6 Å². The van der Waals surface area contributed by atoms with Gasteiger partial charge in [0.05, 0.1) is 12.7 Å². The predicted molar refractivity (Wildman–Crippen MR) is 123 cm³/mol. The van der Waals surface area contributed by atoms with Gasteiger partial charge in [0.2, 0.25) is 0 Å². The Kier molecular flexibility index (Phi) is 6.80. The molecule has 0 aromatic heterocycles. The molecule has 32 heavy (non-hydrogen) atoms. The Morgan fingerprint density at radius 2 is 1.56 bits per heavy atom. The van der Waals surface area contributed by atoms with Crippen LogP contribution in [-0.2, 0) is 11.2 Å². The molecule has 0 aliphatic carbocycles. The molecule has 0 spiro atoms. The molecule has 1 heterocycles. The Morgan fingerprint density at radius 3 is 2.16 bits per heavy atom. The van der Waals surface area contributed by atoms with Crippen LogP contribution < -0.4 is 0 Å². The number of halogens is 3. The quantitative estimate of drug-likeness (QED) is 0.368. The average molecular weight is 437 g/mol. The molecule has 0 N–H and O–H groups in total. The molecule has 0 amide bonds. The molecular weight excluding hydrogens is 409 g/mol. The van der Waals surface area contributed by atoms with Gasteiger partial charge in [-0.15, -0.1) is 0 Å². The maximum absolute atomic E-state index is 14.9. The number of allylic oxidation sites excluding steroid dienone is 1. The molecule has 166 valence electrons. The Hall–Kier alpha value is -2.85. The molecule has 3 aromatic carbocycles. The SMILES string of the molecule is CC=CC1CCC(c2ccc(-c3ccc(-c4ccc(CC)c(F)c4F)cc3)c(F)c2)OC1. The van der Waals surface area contributed by atoms with Crippen molar-refractivity contribution in [3.05, 3.63) is 95.3 Å². The highest BCUT2D eigenvalue weighted by Crippen LogP contribution is 2.34. The lowest BCUT2D eigenvalue weighted by Gasteiger charge is -2.28. The van der Waals surface area contributed by atoms with Crippen molar-refractivity contribution < 1.29 is 17.9 Å². The van der Waals surface area contributed by atoms with E-state index in [0.29, 0.717) is 41.2 Å². The zero-order chi connectivity index (χ0) is 22.7. The van der Waals surface area contributed by atoms with E-state index in [9.17, 15) is 13.2 Å². The van der Waals surface area contributed by atoms with E-state index in [0.717, 1.165) is 18.4 Å². The Balaban J connectivity index is 1.53. The van der Waals surface area contributed by atoms with Gasteiger partial charge in [-0.3, -0.25) is 0 Å². The first-order valence-corrected chi connectivity index (χ1v) is 11.1. The summed E-state index contributed by atoms with van der Waals surface area (Å²) < 4.78 is 49.5. The number of aryl methyl sites for hydroxylation is 1. The zero-order valence-corrected chi connectivity index (χ0v) is 18.4. The van der Waals surface area contributed by atoms with Crippen LogP contribution in [0.1, 0.15) is 43.9 Å². The molecule has 2 unspecified atom stereocenters. The molecule has 1 aliphatic heterocycles. The van der Waals surface area contributed by atoms with Gasteiger partial charge in [0, 0.05) is 17.0 Å². The second-order valence-electron chi connectivity index (χ2n) is 8.26. The Labute approximate surface area is 187 Å². The van der Waals surface area contributed by atoms with Gasteiger partial charge >= 0.3 is 0 Å². The monoisotopic (exact) mass is 436 g/mol. The first-order valence-electron chi connectivity index (χ1n) is 11.1. The van der Waals surface area contributed by atoms with E-state index in [1.807, 2.05) is 19.1 Å². The molecule has 4 rings (SSSR count). The highest BCUT2D eigenvalue weighted by molar-refractivity contribution is 5.71. The van der Waals surface area contributed by atoms with E-state index >= 15 is 0 Å². The number of hydrogen-bond acceptors (Lipinski definition) is 1. The lowest BCUT2D eigenvalue weighted by atomic mass is 9.93. The molecule has 0 saturated carbocycles. The average Bonchev–Trinajstić information content (AvgIpc) is 2.82. The van der Waals surface area contributed by atoms with Crippen LogP contribution in [0.3, 0.4) is 0 Å². The number of ether oxygens (including phenoxy) is 1. The lowest BCUT2D eigenvalue weighted by Crippen LogP contribution is -2.19. The molecule has 3 aromatic rings. The number of hydrogen-bond donors (Lipinski definition) is 0. The van der Waals surface area contributed by atoms with Crippen LogP contribution in [0, 0.1) is 23.4 Å². The number of rotatable bonds is 5. The largest absolute Gasteiger partial charge is 0.373 e. The highest BCUT2D eigenvalue weighted by atomic mass is 19.2. The summed E-state index contributed by atoms with van der Waals surface area (Å²) in [7, 11) is 0. The summed E-state index contributed by atoms with van der Waals surface area (Å²) in [5, 5.41) is 0. The van der Waals surface area contributed by atoms with Gasteiger partial charge in [-0.1, -0.05) is 67.6 Å². The van der Waals surface area contributed by atoms with E-state index in [1.54, 1.807) is 55.5 Å². The minimum Gasteiger partial charge on any atom is -0.373 e. The van der Waals surface area contributed by atoms with Crippen LogP contribution in [0.5, 0.6) is 0 Å². The standard InChI is InChI=1S/C28H27F3O/c1-3-5-18-6-15-26(32-17-18)22-12-13-23(25(29)16-22)20-7-9-21(10-8-20)24-14-11-19(4-2)27(30)28(24)31/h3,5,7-14,16,18,26H,4,6,15,17H2,1-2H3. The van der Waals surface area contributed by atoms with Gasteiger partial charge in [-0.25, -0.2) is 13.2 Å². The van der Waals surface area contributed by atoms with E-state index in [4.69, 9.17) is 4.74 Å². The summed E-state index contributed by atoms with van der Waals surface area (Å²) >= 11 is 0. The molecule has 1 nitrogen and oxygen atoms in total. The summed E-state index contributed by atoms with van der Waals surface area (Å²) in [5.74, 6) is -1.55. The number of benzene rings is 3. The third kappa shape index (κ3) is 4.51. The molecule has 1 saturated heterocycles. The third-order valence-corrected chi connectivity index (χ3v) is 6.19. The van der Waals surface area contributed by atoms with Gasteiger partial charge in [-0.05, 0) is 54.5 Å². The van der Waals surface area contributed by atoms with Crippen molar-refractivity contribution in [2.45, 2.75) is 39.2 Å². The van der Waals surface area contributed by atoms with Crippen LogP contribution in [-0.4, -0.2) is 6.61 Å². The summed E-state index contributed by atoms with van der Waals surface area (Å²) in [4.78, 5) is 0. The first kappa shape index (κ1) is 22.3. The zero-order valence-electron chi connectivity index (χ0n) is 18.4. The van der Waals surface area contributed by atoms with Crippen LogP contribution >= 0.6 is 0 Å². The molecule has 1 fully saturated rings. The summed E-state index contributed by atoms with van der Waals surface area (Å²) in [6.07, 6.45) is 6.42. The second kappa shape index (κ2) is 9.74. The van der Waals surface area contributed by atoms with Gasteiger partial charge < -0.3 is 4.74 Å². The maximum Gasteiger partial charge on any atom is 0.166 e. The summed E-state index contributed by atoms with van der Waals surface area (Å²) in [6.45, 7) is 4.44. The summed E-state index contributed by atoms with van der Waals surface area (Å²) in [6, 6.07) is 15.3. The fraction of sp³-hybridized carbons (Fsp3) is 0.286. The molecule has 2 atom stereocenters. The van der Waals surface area contributed by atoms with E-state index in [2.05, 4.69) is 6.08 Å². The normalized spacial score (nSPS) is 18.9. The van der Waals surface area contributed by atoms with Crippen LogP contribution in [0.4, 0.5) is 13.2 Å². The topological polar surface area (TPSA) is 9.23 Å². The van der Waals surface area contributed by atoms with Crippen molar-refractivity contribution in [1.82, 2.24) is 0 Å². The minimum absolute atomic E-state index is 0.0913. The summed E-state index contributed by atoms with van der Waals surface area (Å²) in [5.41, 5.74) is 3.10. The van der Waals surface area contributed by atoms with Gasteiger partial charge in [0.25, 0.3) is 0 Å². The first-order chi connectivity index (χ1) is 15.5. The molecule has 4 heteroatoms. The highest BCUT2D eigenvalue weighted by Gasteiger charge is 2.22. The smallest absolute Gasteiger partial charge is 0.166 e. The van der Waals surface area contributed by atoms with Crippen molar-refractivity contribution in [3.8, 4) is 22.3 Å². The Morgan fingerprint density at radius 1 is 0.875 bits per heavy atom. The van der Waals surface area contributed by atoms with Crippen molar-refractivity contribution in [2.24, 2.45) is 5.92 Å². The predicted octanol–water partition coefficient (Wildman–Crippen LogP) is 8.04. The van der Waals surface area contributed by atoms with E-state index in [-0.39, 0.29) is 17.5 Å². The minimum atomic E-state index is -0.850. The van der Waals surface area contributed by atoms with Crippen LogP contribution in [0.2, 0.25) is 0 Å². The molecule has 0 bridgehead atoms. The van der Waals surface area contributed by atoms with Crippen molar-refractivity contribution >= 4 is 0 Å². The van der Waals surface area contributed by atoms with Crippen molar-refractivity contribution in [3.63, 3.8) is 0 Å². The Bertz CT molecular complexity index is 1110.